The summed E-state index contributed by atoms with van der Waals surface area (Å²) in [5.74, 6) is -2.02. The standard InChI is InChI=1S/C42H49Cl2N12O6/c1-21(2)29(17-33(57)61-5)41(59)55-19-27(51-53-45)15-31(55)39-47-35(37(43)49-39)25-11-7-23(8-12-25)24-9-13-26(14-10-24)36-38(44)50-40(48-36)32-16-28(52-54-46)20-56(32)42(60)30(22(3)4)18-34(58)62-6/h7-14,21-22,27-32,45H,15-20H2,1-6H3,(H2,46,52)/q+1/p+1/t27-,28-,29-,30-,31-,32-/m0/s1. The Bertz CT molecular complexity index is 2220. The molecule has 0 aliphatic carbocycles. The van der Waals surface area contributed by atoms with Crippen LogP contribution < -0.4 is 9.82 Å². The molecule has 2 saturated heterocycles. The molecule has 4 aromatic rings. The highest BCUT2D eigenvalue weighted by Gasteiger charge is 2.45. The molecule has 18 nitrogen and oxygen atoms in total. The predicted molar refractivity (Wildman–Crippen MR) is 227 cm³/mol. The number of aromatic amines is 2. The monoisotopic (exact) mass is 888 g/mol. The molecule has 6 rings (SSSR count). The minimum absolute atomic E-state index is 0.0652. The van der Waals surface area contributed by atoms with Gasteiger partial charge >= 0.3 is 11.9 Å². The first kappa shape index (κ1) is 45.5. The molecule has 4 N–H and O–H groups in total. The van der Waals surface area contributed by atoms with E-state index in [0.29, 0.717) is 46.2 Å². The van der Waals surface area contributed by atoms with Gasteiger partial charge in [-0.15, -0.1) is 0 Å². The number of methoxy groups -OCH3 is 2. The van der Waals surface area contributed by atoms with E-state index in [0.717, 1.165) is 22.3 Å². The Labute approximate surface area is 367 Å². The van der Waals surface area contributed by atoms with Crippen LogP contribution in [0.25, 0.3) is 33.6 Å². The fraction of sp³-hybridized carbons (Fsp3) is 0.476. The first-order valence-corrected chi connectivity index (χ1v) is 21.0. The Morgan fingerprint density at radius 1 is 0.677 bits per heavy atom. The lowest BCUT2D eigenvalue weighted by Gasteiger charge is -2.29. The lowest BCUT2D eigenvalue weighted by molar-refractivity contribution is -0.148. The largest absolute Gasteiger partial charge is 0.469 e. The molecule has 0 bridgehead atoms. The van der Waals surface area contributed by atoms with Gasteiger partial charge in [0.05, 0.1) is 64.1 Å². The minimum Gasteiger partial charge on any atom is -0.469 e. The molecule has 2 aromatic heterocycles. The number of amides is 2. The third kappa shape index (κ3) is 9.84. The van der Waals surface area contributed by atoms with Crippen molar-refractivity contribution in [2.75, 3.05) is 27.3 Å². The molecule has 4 heterocycles. The highest BCUT2D eigenvalue weighted by atomic mass is 35.5. The number of likely N-dealkylation sites (tertiary alicyclic amines) is 2. The fourth-order valence-electron chi connectivity index (χ4n) is 8.21. The molecule has 0 spiro atoms. The van der Waals surface area contributed by atoms with Crippen LogP contribution in [-0.4, -0.2) is 92.9 Å². The Kier molecular flexibility index (Phi) is 14.5. The van der Waals surface area contributed by atoms with E-state index in [9.17, 15) is 19.2 Å². The number of benzene rings is 2. The van der Waals surface area contributed by atoms with E-state index in [-0.39, 0.29) is 49.6 Å². The molecule has 2 aliphatic heterocycles. The van der Waals surface area contributed by atoms with E-state index < -0.39 is 47.9 Å². The minimum atomic E-state index is -0.623. The Morgan fingerprint density at radius 2 is 1.02 bits per heavy atom. The second kappa shape index (κ2) is 19.8. The van der Waals surface area contributed by atoms with Crippen molar-refractivity contribution in [3.05, 3.63) is 70.5 Å². The molecule has 2 fully saturated rings. The van der Waals surface area contributed by atoms with Crippen molar-refractivity contribution >= 4 is 47.0 Å². The molecular formula is C42H50Cl2N12O6+2. The molecule has 6 atom stereocenters. The van der Waals surface area contributed by atoms with Crippen molar-refractivity contribution in [3.8, 4) is 33.6 Å². The topological polar surface area (TPSA) is 251 Å². The van der Waals surface area contributed by atoms with Gasteiger partial charge in [0, 0.05) is 24.0 Å². The third-order valence-corrected chi connectivity index (χ3v) is 12.2. The SMILES string of the molecule is COC(=O)C[C@H](C(=O)N1C[C@@H](N=[N+]=N)C[C@H]1c1nc(-c2ccc(-c3ccc(-c4nc([C@@H]5C[C@H](N=[N+]=N)CN5C(=O)[C@@H](CC(=O)OC)C(C)C)[nH]c4Cl)cc3)cc2)c(Cl)[nH]1)C(C)C. The van der Waals surface area contributed by atoms with E-state index in [2.05, 4.69) is 30.0 Å². The maximum atomic E-state index is 13.9. The number of rotatable bonds is 15. The van der Waals surface area contributed by atoms with Crippen LogP contribution in [0.4, 0.5) is 0 Å². The van der Waals surface area contributed by atoms with Crippen LogP contribution in [0.1, 0.15) is 77.1 Å². The maximum absolute atomic E-state index is 13.9. The second-order valence-electron chi connectivity index (χ2n) is 16.2. The molecule has 2 aromatic carbocycles. The van der Waals surface area contributed by atoms with E-state index in [1.807, 2.05) is 76.2 Å². The Balaban J connectivity index is 1.20. The number of carbonyl (C=O) groups is 4. The van der Waals surface area contributed by atoms with Gasteiger partial charge in [-0.2, -0.15) is 0 Å². The van der Waals surface area contributed by atoms with Gasteiger partial charge in [0.15, 0.2) is 12.1 Å². The molecule has 62 heavy (non-hydrogen) atoms. The van der Waals surface area contributed by atoms with Crippen molar-refractivity contribution in [2.24, 2.45) is 33.9 Å². The lowest BCUT2D eigenvalue weighted by Crippen LogP contribution is -2.39. The van der Waals surface area contributed by atoms with Crippen molar-refractivity contribution < 1.29 is 28.7 Å². The number of nitrogens with one attached hydrogen (secondary N) is 4. The van der Waals surface area contributed by atoms with Crippen LogP contribution in [0.15, 0.2) is 58.8 Å². The van der Waals surface area contributed by atoms with Gasteiger partial charge in [0.1, 0.15) is 54.6 Å². The zero-order chi connectivity index (χ0) is 44.8. The van der Waals surface area contributed by atoms with Crippen LogP contribution in [0.3, 0.4) is 0 Å². The number of aromatic nitrogens is 4. The normalized spacial score (nSPS) is 19.5. The van der Waals surface area contributed by atoms with Crippen LogP contribution in [0.2, 0.25) is 10.3 Å². The van der Waals surface area contributed by atoms with Gasteiger partial charge in [0.2, 0.25) is 21.6 Å². The second-order valence-corrected chi connectivity index (χ2v) is 17.0. The fourth-order valence-corrected chi connectivity index (χ4v) is 8.71. The van der Waals surface area contributed by atoms with Crippen molar-refractivity contribution in [1.29, 1.82) is 11.1 Å². The van der Waals surface area contributed by atoms with Crippen LogP contribution in [-0.2, 0) is 28.7 Å². The summed E-state index contributed by atoms with van der Waals surface area (Å²) in [6, 6.07) is 13.5. The number of imidazole rings is 2. The van der Waals surface area contributed by atoms with Gasteiger partial charge in [-0.05, 0) is 23.0 Å². The number of halogens is 2. The van der Waals surface area contributed by atoms with Gasteiger partial charge in [-0.1, -0.05) is 99.4 Å². The summed E-state index contributed by atoms with van der Waals surface area (Å²) in [5, 5.41) is 8.59. The zero-order valence-corrected chi connectivity index (χ0v) is 36.8. The Morgan fingerprint density at radius 3 is 1.32 bits per heavy atom. The van der Waals surface area contributed by atoms with E-state index in [1.165, 1.54) is 14.2 Å². The summed E-state index contributed by atoms with van der Waals surface area (Å²) in [7, 11) is 2.59. The third-order valence-electron chi connectivity index (χ3n) is 11.7. The average Bonchev–Trinajstić information content (AvgIpc) is 4.06. The first-order valence-electron chi connectivity index (χ1n) is 20.3. The summed E-state index contributed by atoms with van der Waals surface area (Å²) >= 11 is 13.5. The van der Waals surface area contributed by atoms with Gasteiger partial charge in [-0.3, -0.25) is 19.2 Å². The van der Waals surface area contributed by atoms with E-state index >= 15 is 0 Å². The molecular weight excluding hydrogens is 839 g/mol. The molecule has 20 heteroatoms. The highest BCUT2D eigenvalue weighted by molar-refractivity contribution is 6.32. The zero-order valence-electron chi connectivity index (χ0n) is 35.3. The van der Waals surface area contributed by atoms with Gasteiger partial charge in [0.25, 0.3) is 0 Å². The Hall–Kier alpha value is -6.06. The summed E-state index contributed by atoms with van der Waals surface area (Å²) in [6.07, 6.45) is 0.612. The van der Waals surface area contributed by atoms with Crippen molar-refractivity contribution in [1.82, 2.24) is 39.6 Å². The molecule has 2 amide bonds. The first-order chi connectivity index (χ1) is 29.7. The summed E-state index contributed by atoms with van der Waals surface area (Å²) in [6.45, 7) is 7.94. The molecule has 0 radical (unpaired) electrons. The molecule has 0 saturated carbocycles. The van der Waals surface area contributed by atoms with E-state index in [1.54, 1.807) is 9.80 Å². The smallest absolute Gasteiger partial charge is 0.306 e. The molecule has 0 unspecified atom stereocenters. The van der Waals surface area contributed by atoms with Crippen molar-refractivity contribution in [2.45, 2.75) is 77.5 Å². The predicted octanol–water partition coefficient (Wildman–Crippen LogP) is 7.50. The average molecular weight is 890 g/mol. The number of hydrogen-bond acceptors (Lipinski definition) is 12. The summed E-state index contributed by atoms with van der Waals surface area (Å²) in [5.41, 5.74) is 18.9. The quantitative estimate of drug-likeness (QED) is 0.0527. The summed E-state index contributed by atoms with van der Waals surface area (Å²) in [4.78, 5) is 77.9. The molecule has 2 aliphatic rings. The molecule has 326 valence electrons. The number of ether oxygens (including phenoxy) is 2. The van der Waals surface area contributed by atoms with Gasteiger partial charge in [-0.25, -0.2) is 9.97 Å². The van der Waals surface area contributed by atoms with Crippen LogP contribution in [0, 0.1) is 34.7 Å². The van der Waals surface area contributed by atoms with Crippen LogP contribution in [0.5, 0.6) is 0 Å². The number of carbonyl (C=O) groups excluding carboxylic acids is 4. The summed E-state index contributed by atoms with van der Waals surface area (Å²) < 4.78 is 9.72. The van der Waals surface area contributed by atoms with Crippen molar-refractivity contribution in [3.63, 3.8) is 0 Å². The lowest BCUT2D eigenvalue weighted by atomic mass is 9.90. The van der Waals surface area contributed by atoms with E-state index in [4.69, 9.17) is 53.7 Å². The number of hydrogen-bond donors (Lipinski definition) is 4. The number of H-pyrrole nitrogens is 2. The highest BCUT2D eigenvalue weighted by Crippen LogP contribution is 2.40. The van der Waals surface area contributed by atoms with Crippen LogP contribution >= 0.6 is 23.2 Å². The number of nitrogens with zero attached hydrogens (tertiary/aromatic N) is 8. The maximum Gasteiger partial charge on any atom is 0.306 e. The number of esters is 2. The van der Waals surface area contributed by atoms with Gasteiger partial charge < -0.3 is 29.2 Å².